The van der Waals surface area contributed by atoms with E-state index in [1.165, 1.54) is 0 Å². The van der Waals surface area contributed by atoms with Crippen LogP contribution in [0.5, 0.6) is 5.88 Å². The van der Waals surface area contributed by atoms with Crippen molar-refractivity contribution in [3.8, 4) is 28.3 Å². The molecule has 0 unspecified atom stereocenters. The minimum absolute atomic E-state index is 0.581. The van der Waals surface area contributed by atoms with E-state index in [9.17, 15) is 0 Å². The summed E-state index contributed by atoms with van der Waals surface area (Å²) in [4.78, 5) is 13.8. The first-order valence-electron chi connectivity index (χ1n) is 9.50. The molecule has 0 radical (unpaired) electrons. The molecule has 0 saturated carbocycles. The topological polar surface area (TPSA) is 65.2 Å². The average Bonchev–Trinajstić information content (AvgIpc) is 3.22. The Labute approximate surface area is 167 Å². The minimum atomic E-state index is 0.581. The maximum absolute atomic E-state index is 5.17. The number of pyridine rings is 2. The molecule has 4 heterocycles. The van der Waals surface area contributed by atoms with Crippen LogP contribution in [0.25, 0.3) is 38.9 Å². The molecule has 142 valence electrons. The highest BCUT2D eigenvalue weighted by atomic mass is 16.5. The third-order valence-corrected chi connectivity index (χ3v) is 5.05. The Hall–Kier alpha value is -3.80. The molecule has 1 aromatic carbocycles. The van der Waals surface area contributed by atoms with Gasteiger partial charge in [-0.3, -0.25) is 4.98 Å². The fraction of sp³-hybridized carbons (Fsp3) is 0.130. The van der Waals surface area contributed by atoms with Gasteiger partial charge in [0.15, 0.2) is 5.65 Å². The Morgan fingerprint density at radius 1 is 0.931 bits per heavy atom. The number of para-hydroxylation sites is 1. The van der Waals surface area contributed by atoms with Crippen LogP contribution in [-0.2, 0) is 6.42 Å². The molecule has 0 atom stereocenters. The number of hydrogen-bond donors (Lipinski definition) is 0. The number of fused-ring (bicyclic) bond motifs is 2. The van der Waals surface area contributed by atoms with E-state index in [0.29, 0.717) is 5.88 Å². The van der Waals surface area contributed by atoms with E-state index < -0.39 is 0 Å². The van der Waals surface area contributed by atoms with Crippen molar-refractivity contribution in [3.05, 3.63) is 72.8 Å². The van der Waals surface area contributed by atoms with Crippen molar-refractivity contribution < 1.29 is 4.74 Å². The maximum atomic E-state index is 5.17. The van der Waals surface area contributed by atoms with Crippen LogP contribution in [0.2, 0.25) is 0 Å². The number of nitrogens with zero attached hydrogens (tertiary/aromatic N) is 5. The molecule has 0 aliphatic carbocycles. The normalized spacial score (nSPS) is 11.2. The summed E-state index contributed by atoms with van der Waals surface area (Å²) in [6.07, 6.45) is 6.37. The van der Waals surface area contributed by atoms with Gasteiger partial charge in [-0.1, -0.05) is 25.1 Å². The lowest BCUT2D eigenvalue weighted by Gasteiger charge is -2.08. The zero-order chi connectivity index (χ0) is 19.8. The van der Waals surface area contributed by atoms with Crippen LogP contribution in [0.4, 0.5) is 0 Å². The first-order valence-corrected chi connectivity index (χ1v) is 9.50. The van der Waals surface area contributed by atoms with Crippen molar-refractivity contribution >= 4 is 16.6 Å². The highest BCUT2D eigenvalue weighted by Gasteiger charge is 2.14. The van der Waals surface area contributed by atoms with Gasteiger partial charge in [0.1, 0.15) is 0 Å². The Balaban J connectivity index is 1.69. The third-order valence-electron chi connectivity index (χ3n) is 5.05. The van der Waals surface area contributed by atoms with Crippen molar-refractivity contribution in [2.75, 3.05) is 7.11 Å². The van der Waals surface area contributed by atoms with Gasteiger partial charge < -0.3 is 4.74 Å². The summed E-state index contributed by atoms with van der Waals surface area (Å²) in [5, 5.41) is 5.69. The van der Waals surface area contributed by atoms with Crippen LogP contribution in [0.1, 0.15) is 12.6 Å². The first-order chi connectivity index (χ1) is 14.3. The van der Waals surface area contributed by atoms with Crippen LogP contribution in [0.3, 0.4) is 0 Å². The predicted octanol–water partition coefficient (Wildman–Crippen LogP) is 4.58. The second kappa shape index (κ2) is 6.98. The van der Waals surface area contributed by atoms with Gasteiger partial charge in [0, 0.05) is 46.2 Å². The Kier molecular flexibility index (Phi) is 4.17. The molecule has 4 aromatic heterocycles. The van der Waals surface area contributed by atoms with E-state index in [1.807, 2.05) is 47.2 Å². The van der Waals surface area contributed by atoms with E-state index in [0.717, 1.165) is 51.0 Å². The number of hydrogen-bond acceptors (Lipinski definition) is 5. The molecule has 0 N–H and O–H groups in total. The molecule has 0 amide bonds. The minimum Gasteiger partial charge on any atom is -0.481 e. The van der Waals surface area contributed by atoms with Crippen molar-refractivity contribution in [2.45, 2.75) is 13.3 Å². The molecule has 5 aromatic rings. The summed E-state index contributed by atoms with van der Waals surface area (Å²) < 4.78 is 7.08. The SMILES string of the molecule is CCc1cc(-c2ccc(OC)nc2)nc2c(-c3cnc4ccccc4c3)cnn12. The van der Waals surface area contributed by atoms with Crippen molar-refractivity contribution in [2.24, 2.45) is 0 Å². The molecule has 29 heavy (non-hydrogen) atoms. The summed E-state index contributed by atoms with van der Waals surface area (Å²) in [7, 11) is 1.61. The van der Waals surface area contributed by atoms with Crippen molar-refractivity contribution in [1.29, 1.82) is 0 Å². The van der Waals surface area contributed by atoms with Gasteiger partial charge in [0.2, 0.25) is 5.88 Å². The smallest absolute Gasteiger partial charge is 0.212 e. The molecule has 0 aliphatic rings. The Bertz CT molecular complexity index is 1320. The lowest BCUT2D eigenvalue weighted by Crippen LogP contribution is -2.01. The van der Waals surface area contributed by atoms with E-state index >= 15 is 0 Å². The number of aryl methyl sites for hydroxylation is 1. The molecular formula is C23H19N5O. The fourth-order valence-corrected chi connectivity index (χ4v) is 3.50. The molecule has 0 saturated heterocycles. The Morgan fingerprint density at radius 2 is 1.79 bits per heavy atom. The standard InChI is InChI=1S/C23H19N5O/c1-3-18-11-21(16-8-9-22(29-2)25-12-16)27-23-19(14-26-28(18)23)17-10-15-6-4-5-7-20(15)24-13-17/h4-14H,3H2,1-2H3. The third kappa shape index (κ3) is 2.99. The lowest BCUT2D eigenvalue weighted by molar-refractivity contribution is 0.398. The van der Waals surface area contributed by atoms with E-state index in [-0.39, 0.29) is 0 Å². The van der Waals surface area contributed by atoms with Gasteiger partial charge in [0.25, 0.3) is 0 Å². The van der Waals surface area contributed by atoms with E-state index in [1.54, 1.807) is 13.3 Å². The number of aromatic nitrogens is 5. The van der Waals surface area contributed by atoms with E-state index in [2.05, 4.69) is 40.2 Å². The van der Waals surface area contributed by atoms with Crippen molar-refractivity contribution in [3.63, 3.8) is 0 Å². The zero-order valence-electron chi connectivity index (χ0n) is 16.2. The quantitative estimate of drug-likeness (QED) is 0.456. The summed E-state index contributed by atoms with van der Waals surface area (Å²) in [6.45, 7) is 2.11. The second-order valence-electron chi connectivity index (χ2n) is 6.79. The molecule has 0 fully saturated rings. The number of benzene rings is 1. The van der Waals surface area contributed by atoms with Gasteiger partial charge in [-0.05, 0) is 30.7 Å². The number of ether oxygens (including phenoxy) is 1. The molecule has 6 nitrogen and oxygen atoms in total. The van der Waals surface area contributed by atoms with Crippen LogP contribution < -0.4 is 4.74 Å². The zero-order valence-corrected chi connectivity index (χ0v) is 16.2. The average molecular weight is 381 g/mol. The Morgan fingerprint density at radius 3 is 2.59 bits per heavy atom. The van der Waals surface area contributed by atoms with Gasteiger partial charge in [-0.15, -0.1) is 0 Å². The van der Waals surface area contributed by atoms with Crippen LogP contribution in [-0.4, -0.2) is 31.7 Å². The molecule has 5 rings (SSSR count). The first kappa shape index (κ1) is 17.3. The highest BCUT2D eigenvalue weighted by Crippen LogP contribution is 2.29. The molecule has 0 aliphatic heterocycles. The van der Waals surface area contributed by atoms with Crippen molar-refractivity contribution in [1.82, 2.24) is 24.6 Å². The van der Waals surface area contributed by atoms with Gasteiger partial charge >= 0.3 is 0 Å². The summed E-state index contributed by atoms with van der Waals surface area (Å²) in [6, 6.07) is 16.1. The monoisotopic (exact) mass is 381 g/mol. The van der Waals surface area contributed by atoms with Gasteiger partial charge in [-0.2, -0.15) is 5.10 Å². The number of methoxy groups -OCH3 is 1. The van der Waals surface area contributed by atoms with Crippen LogP contribution in [0.15, 0.2) is 67.1 Å². The van der Waals surface area contributed by atoms with E-state index in [4.69, 9.17) is 9.72 Å². The second-order valence-corrected chi connectivity index (χ2v) is 6.79. The van der Waals surface area contributed by atoms with Gasteiger partial charge in [0.05, 0.1) is 24.5 Å². The summed E-state index contributed by atoms with van der Waals surface area (Å²) in [5.41, 5.74) is 6.62. The molecule has 0 spiro atoms. The molecule has 6 heteroatoms. The molecule has 0 bridgehead atoms. The maximum Gasteiger partial charge on any atom is 0.212 e. The number of rotatable bonds is 4. The van der Waals surface area contributed by atoms with Crippen LogP contribution in [0, 0.1) is 0 Å². The lowest BCUT2D eigenvalue weighted by atomic mass is 10.1. The van der Waals surface area contributed by atoms with Gasteiger partial charge in [-0.25, -0.2) is 14.5 Å². The summed E-state index contributed by atoms with van der Waals surface area (Å²) >= 11 is 0. The summed E-state index contributed by atoms with van der Waals surface area (Å²) in [5.74, 6) is 0.581. The fourth-order valence-electron chi connectivity index (χ4n) is 3.50. The predicted molar refractivity (Wildman–Crippen MR) is 113 cm³/mol. The largest absolute Gasteiger partial charge is 0.481 e. The van der Waals surface area contributed by atoms with Crippen LogP contribution >= 0.6 is 0 Å². The molecular weight excluding hydrogens is 362 g/mol. The highest BCUT2D eigenvalue weighted by molar-refractivity contribution is 5.87.